The molecule has 0 fully saturated rings. The molecular weight excluding hydrogens is 214 g/mol. The summed E-state index contributed by atoms with van der Waals surface area (Å²) in [5, 5.41) is 0. The highest BCUT2D eigenvalue weighted by molar-refractivity contribution is 5.34. The molecule has 0 spiro atoms. The minimum absolute atomic E-state index is 0.137. The van der Waals surface area contributed by atoms with E-state index in [1.165, 1.54) is 12.8 Å². The lowest BCUT2D eigenvalue weighted by molar-refractivity contribution is 0.227. The molecule has 0 aliphatic heterocycles. The van der Waals surface area contributed by atoms with E-state index >= 15 is 0 Å². The highest BCUT2D eigenvalue weighted by Gasteiger charge is 2.06. The maximum Gasteiger partial charge on any atom is 0.256 e. The van der Waals surface area contributed by atoms with Gasteiger partial charge in [0, 0.05) is 5.69 Å². The van der Waals surface area contributed by atoms with E-state index in [1.807, 2.05) is 32.9 Å². The van der Waals surface area contributed by atoms with Crippen molar-refractivity contribution in [2.75, 3.05) is 7.11 Å². The third-order valence-electron chi connectivity index (χ3n) is 2.02. The molecule has 1 rings (SSSR count). The average molecular weight is 239 g/mol. The van der Waals surface area contributed by atoms with Gasteiger partial charge in [-0.25, -0.2) is 4.98 Å². The maximum absolute atomic E-state index is 5.50. The lowest BCUT2D eigenvalue weighted by atomic mass is 10.3. The van der Waals surface area contributed by atoms with Crippen molar-refractivity contribution < 1.29 is 9.47 Å². The van der Waals surface area contributed by atoms with Gasteiger partial charge in [-0.2, -0.15) is 0 Å². The first-order valence-corrected chi connectivity index (χ1v) is 6.23. The summed E-state index contributed by atoms with van der Waals surface area (Å²) in [4.78, 5) is 4.20. The van der Waals surface area contributed by atoms with Crippen LogP contribution in [0.25, 0.3) is 0 Å². The molecule has 0 atom stereocenters. The molecule has 0 radical (unpaired) electrons. The number of methoxy groups -OCH3 is 1. The second-order valence-electron chi connectivity index (χ2n) is 4.13. The van der Waals surface area contributed by atoms with Crippen molar-refractivity contribution in [2.24, 2.45) is 0 Å². The molecule has 98 valence electrons. The van der Waals surface area contributed by atoms with Crippen molar-refractivity contribution in [3.8, 4) is 11.6 Å². The van der Waals surface area contributed by atoms with Gasteiger partial charge in [0.05, 0.1) is 13.2 Å². The van der Waals surface area contributed by atoms with Crippen LogP contribution in [0.15, 0.2) is 12.1 Å². The van der Waals surface area contributed by atoms with Gasteiger partial charge < -0.3 is 9.47 Å². The summed E-state index contributed by atoms with van der Waals surface area (Å²) < 4.78 is 10.6. The molecule has 3 heteroatoms. The topological polar surface area (TPSA) is 31.4 Å². The van der Waals surface area contributed by atoms with Crippen LogP contribution in [0.1, 0.15) is 46.2 Å². The maximum atomic E-state index is 5.50. The number of aryl methyl sites for hydroxylation is 1. The summed E-state index contributed by atoms with van der Waals surface area (Å²) in [5.74, 6) is 1.25. The van der Waals surface area contributed by atoms with Gasteiger partial charge in [-0.05, 0) is 32.9 Å². The van der Waals surface area contributed by atoms with Gasteiger partial charge in [-0.1, -0.05) is 26.7 Å². The summed E-state index contributed by atoms with van der Waals surface area (Å²) in [6, 6.07) is 3.78. The zero-order chi connectivity index (χ0) is 13.3. The van der Waals surface area contributed by atoms with Crippen molar-refractivity contribution in [1.29, 1.82) is 0 Å². The van der Waals surface area contributed by atoms with Crippen LogP contribution in [0.5, 0.6) is 11.6 Å². The highest BCUT2D eigenvalue weighted by atomic mass is 16.5. The Bertz CT molecular complexity index is 309. The van der Waals surface area contributed by atoms with E-state index in [0.29, 0.717) is 11.6 Å². The van der Waals surface area contributed by atoms with E-state index in [9.17, 15) is 0 Å². The normalized spacial score (nSPS) is 9.59. The zero-order valence-electron chi connectivity index (χ0n) is 11.9. The van der Waals surface area contributed by atoms with Crippen LogP contribution in [0, 0.1) is 6.92 Å². The first kappa shape index (κ1) is 15.8. The van der Waals surface area contributed by atoms with E-state index in [0.717, 1.165) is 5.69 Å². The Labute approximate surface area is 105 Å². The number of pyridine rings is 1. The van der Waals surface area contributed by atoms with Crippen molar-refractivity contribution in [1.82, 2.24) is 4.98 Å². The summed E-state index contributed by atoms with van der Waals surface area (Å²) in [6.07, 6.45) is 2.78. The van der Waals surface area contributed by atoms with Crippen LogP contribution < -0.4 is 9.47 Å². The Morgan fingerprint density at radius 1 is 1.18 bits per heavy atom. The number of hydrogen-bond donors (Lipinski definition) is 0. The molecule has 0 unspecified atom stereocenters. The SMILES string of the molecule is CCCC.COc1nc(C)ccc1OC(C)C. The smallest absolute Gasteiger partial charge is 0.256 e. The van der Waals surface area contributed by atoms with Crippen molar-refractivity contribution in [3.63, 3.8) is 0 Å². The molecule has 1 aromatic heterocycles. The second kappa shape index (κ2) is 8.85. The molecule has 0 aliphatic rings. The Kier molecular flexibility index (Phi) is 8.20. The number of rotatable bonds is 4. The molecular formula is C14H25NO2. The van der Waals surface area contributed by atoms with Gasteiger partial charge in [0.15, 0.2) is 5.75 Å². The number of aromatic nitrogens is 1. The number of ether oxygens (including phenoxy) is 2. The molecule has 3 nitrogen and oxygen atoms in total. The molecule has 0 aliphatic carbocycles. The predicted octanol–water partition coefficient (Wildman–Crippen LogP) is 3.99. The van der Waals surface area contributed by atoms with Gasteiger partial charge in [-0.3, -0.25) is 0 Å². The molecule has 1 aromatic rings. The van der Waals surface area contributed by atoms with Crippen LogP contribution in [-0.4, -0.2) is 18.2 Å². The summed E-state index contributed by atoms with van der Waals surface area (Å²) in [7, 11) is 1.59. The Morgan fingerprint density at radius 2 is 1.76 bits per heavy atom. The quantitative estimate of drug-likeness (QED) is 0.796. The summed E-state index contributed by atoms with van der Waals surface area (Å²) >= 11 is 0. The second-order valence-corrected chi connectivity index (χ2v) is 4.13. The van der Waals surface area contributed by atoms with Gasteiger partial charge in [0.25, 0.3) is 5.88 Å². The van der Waals surface area contributed by atoms with Crippen LogP contribution in [0.2, 0.25) is 0 Å². The lowest BCUT2D eigenvalue weighted by Crippen LogP contribution is -2.07. The van der Waals surface area contributed by atoms with Crippen LogP contribution in [0.3, 0.4) is 0 Å². The van der Waals surface area contributed by atoms with E-state index in [1.54, 1.807) is 7.11 Å². The Hall–Kier alpha value is -1.25. The lowest BCUT2D eigenvalue weighted by Gasteiger charge is -2.12. The third-order valence-corrected chi connectivity index (χ3v) is 2.02. The fourth-order valence-electron chi connectivity index (χ4n) is 1.01. The van der Waals surface area contributed by atoms with Crippen LogP contribution in [0.4, 0.5) is 0 Å². The summed E-state index contributed by atoms with van der Waals surface area (Å²) in [5.41, 5.74) is 0.924. The number of hydrogen-bond acceptors (Lipinski definition) is 3. The van der Waals surface area contributed by atoms with Crippen molar-refractivity contribution in [2.45, 2.75) is 53.6 Å². The molecule has 0 saturated heterocycles. The van der Waals surface area contributed by atoms with Crippen molar-refractivity contribution in [3.05, 3.63) is 17.8 Å². The summed E-state index contributed by atoms with van der Waals surface area (Å²) in [6.45, 7) is 10.2. The number of nitrogens with zero attached hydrogens (tertiary/aromatic N) is 1. The van der Waals surface area contributed by atoms with E-state index < -0.39 is 0 Å². The standard InChI is InChI=1S/C10H15NO2.C4H10/c1-7(2)13-9-6-5-8(3)11-10(9)12-4;1-3-4-2/h5-7H,1-4H3;3-4H2,1-2H3. The first-order valence-electron chi connectivity index (χ1n) is 6.23. The fourth-order valence-corrected chi connectivity index (χ4v) is 1.01. The van der Waals surface area contributed by atoms with Crippen molar-refractivity contribution >= 4 is 0 Å². The van der Waals surface area contributed by atoms with Gasteiger partial charge >= 0.3 is 0 Å². The van der Waals surface area contributed by atoms with Gasteiger partial charge in [-0.15, -0.1) is 0 Å². The first-order chi connectivity index (χ1) is 8.04. The molecule has 0 N–H and O–H groups in total. The monoisotopic (exact) mass is 239 g/mol. The molecule has 0 amide bonds. The minimum Gasteiger partial charge on any atom is -0.485 e. The Balaban J connectivity index is 0.000000557. The fraction of sp³-hybridized carbons (Fsp3) is 0.643. The van der Waals surface area contributed by atoms with E-state index in [-0.39, 0.29) is 6.10 Å². The van der Waals surface area contributed by atoms with Crippen LogP contribution in [-0.2, 0) is 0 Å². The molecule has 0 saturated carbocycles. The molecule has 0 bridgehead atoms. The molecule has 0 aromatic carbocycles. The molecule has 1 heterocycles. The Morgan fingerprint density at radius 3 is 2.18 bits per heavy atom. The average Bonchev–Trinajstić information content (AvgIpc) is 2.31. The predicted molar refractivity (Wildman–Crippen MR) is 71.9 cm³/mol. The minimum atomic E-state index is 0.137. The highest BCUT2D eigenvalue weighted by Crippen LogP contribution is 2.25. The largest absolute Gasteiger partial charge is 0.485 e. The van der Waals surface area contributed by atoms with Gasteiger partial charge in [0.1, 0.15) is 0 Å². The van der Waals surface area contributed by atoms with Crippen LogP contribution >= 0.6 is 0 Å². The number of unbranched alkanes of at least 4 members (excludes halogenated alkanes) is 1. The van der Waals surface area contributed by atoms with Gasteiger partial charge in [0.2, 0.25) is 0 Å². The zero-order valence-corrected chi connectivity index (χ0v) is 11.9. The third kappa shape index (κ3) is 6.82. The van der Waals surface area contributed by atoms with E-state index in [4.69, 9.17) is 9.47 Å². The molecule has 17 heavy (non-hydrogen) atoms. The van der Waals surface area contributed by atoms with E-state index in [2.05, 4.69) is 18.8 Å².